The van der Waals surface area contributed by atoms with Crippen molar-refractivity contribution in [1.29, 1.82) is 0 Å². The summed E-state index contributed by atoms with van der Waals surface area (Å²) in [6.45, 7) is 0.882. The van der Waals surface area contributed by atoms with Crippen molar-refractivity contribution in [3.8, 4) is 0 Å². The van der Waals surface area contributed by atoms with Gasteiger partial charge in [-0.1, -0.05) is 18.2 Å². The summed E-state index contributed by atoms with van der Waals surface area (Å²) in [4.78, 5) is 12.2. The van der Waals surface area contributed by atoms with Crippen LogP contribution in [0.5, 0.6) is 0 Å². The molecule has 0 spiro atoms. The minimum atomic E-state index is -0.528. The van der Waals surface area contributed by atoms with Crippen molar-refractivity contribution in [1.82, 2.24) is 9.88 Å². The molecule has 19 heavy (non-hydrogen) atoms. The molecule has 4 nitrogen and oxygen atoms in total. The third kappa shape index (κ3) is 2.85. The molecular weight excluding hydrogens is 240 g/mol. The second-order valence-corrected chi connectivity index (χ2v) is 5.20. The lowest BCUT2D eigenvalue weighted by Crippen LogP contribution is -2.34. The van der Waals surface area contributed by atoms with Crippen molar-refractivity contribution in [3.63, 3.8) is 0 Å². The minimum absolute atomic E-state index is 0.0384. The number of hydrogen-bond acceptors (Lipinski definition) is 3. The fraction of sp³-hybridized carbons (Fsp3) is 0.400. The Hall–Kier alpha value is -1.65. The van der Waals surface area contributed by atoms with Crippen molar-refractivity contribution < 1.29 is 5.11 Å². The molecule has 1 aromatic carbocycles. The van der Waals surface area contributed by atoms with E-state index in [9.17, 15) is 9.90 Å². The van der Waals surface area contributed by atoms with Gasteiger partial charge in [0.25, 0.3) is 5.56 Å². The van der Waals surface area contributed by atoms with Gasteiger partial charge < -0.3 is 15.0 Å². The number of aliphatic hydroxyl groups is 1. The molecule has 1 aliphatic rings. The van der Waals surface area contributed by atoms with Crippen molar-refractivity contribution in [2.45, 2.75) is 31.5 Å². The van der Waals surface area contributed by atoms with Crippen LogP contribution in [0.2, 0.25) is 0 Å². The van der Waals surface area contributed by atoms with Gasteiger partial charge in [-0.25, -0.2) is 0 Å². The van der Waals surface area contributed by atoms with E-state index in [-0.39, 0.29) is 5.56 Å². The standard InChI is InChI=1S/C15H18N2O2/c18-13(9-16-12-5-6-12)10-17-8-7-11-3-1-2-4-14(11)15(17)19/h1-4,7-8,12-13,16,18H,5-6,9-10H2. The molecule has 1 aliphatic carbocycles. The molecular formula is C15H18N2O2. The summed E-state index contributed by atoms with van der Waals surface area (Å²) in [6.07, 6.45) is 3.62. The Morgan fingerprint density at radius 2 is 2.11 bits per heavy atom. The predicted octanol–water partition coefficient (Wildman–Crippen LogP) is 1.11. The fourth-order valence-electron chi connectivity index (χ4n) is 2.26. The number of pyridine rings is 1. The topological polar surface area (TPSA) is 54.3 Å². The molecule has 4 heteroatoms. The van der Waals surface area contributed by atoms with Crippen molar-refractivity contribution in [2.75, 3.05) is 6.54 Å². The van der Waals surface area contributed by atoms with E-state index >= 15 is 0 Å². The lowest BCUT2D eigenvalue weighted by Gasteiger charge is -2.13. The molecule has 3 rings (SSSR count). The third-order valence-corrected chi connectivity index (χ3v) is 3.51. The van der Waals surface area contributed by atoms with E-state index < -0.39 is 6.10 Å². The van der Waals surface area contributed by atoms with E-state index in [2.05, 4.69) is 5.32 Å². The van der Waals surface area contributed by atoms with E-state index in [0.717, 1.165) is 5.39 Å². The number of aromatic nitrogens is 1. The highest BCUT2D eigenvalue weighted by Gasteiger charge is 2.21. The Bertz CT molecular complexity index is 631. The van der Waals surface area contributed by atoms with Crippen LogP contribution in [0.15, 0.2) is 41.3 Å². The monoisotopic (exact) mass is 258 g/mol. The summed E-state index contributed by atoms with van der Waals surface area (Å²) < 4.78 is 1.58. The smallest absolute Gasteiger partial charge is 0.258 e. The maximum atomic E-state index is 12.2. The summed E-state index contributed by atoms with van der Waals surface area (Å²) in [6, 6.07) is 10.0. The highest BCUT2D eigenvalue weighted by molar-refractivity contribution is 5.81. The van der Waals surface area contributed by atoms with Crippen molar-refractivity contribution >= 4 is 10.8 Å². The molecule has 2 aromatic rings. The number of nitrogens with one attached hydrogen (secondary N) is 1. The second-order valence-electron chi connectivity index (χ2n) is 5.20. The van der Waals surface area contributed by atoms with Crippen LogP contribution in [-0.2, 0) is 6.54 Å². The van der Waals surface area contributed by atoms with E-state index in [1.54, 1.807) is 10.8 Å². The Labute approximate surface area is 111 Å². The summed E-state index contributed by atoms with van der Waals surface area (Å²) in [7, 11) is 0. The van der Waals surface area contributed by atoms with Gasteiger partial charge in [0.05, 0.1) is 12.6 Å². The van der Waals surface area contributed by atoms with Gasteiger partial charge in [-0.2, -0.15) is 0 Å². The summed E-state index contributed by atoms with van der Waals surface area (Å²) in [5.41, 5.74) is -0.0384. The molecule has 1 fully saturated rings. The number of aliphatic hydroxyl groups excluding tert-OH is 1. The van der Waals surface area contributed by atoms with Crippen LogP contribution in [0.3, 0.4) is 0 Å². The van der Waals surface area contributed by atoms with Gasteiger partial charge in [0.2, 0.25) is 0 Å². The molecule has 1 aromatic heterocycles. The summed E-state index contributed by atoms with van der Waals surface area (Å²) in [5, 5.41) is 14.9. The molecule has 2 N–H and O–H groups in total. The zero-order chi connectivity index (χ0) is 13.2. The molecule has 100 valence electrons. The number of benzene rings is 1. The Kier molecular flexibility index (Phi) is 3.36. The molecule has 0 bridgehead atoms. The lowest BCUT2D eigenvalue weighted by molar-refractivity contribution is 0.150. The quantitative estimate of drug-likeness (QED) is 0.845. The molecule has 1 atom stereocenters. The van der Waals surface area contributed by atoms with Crippen LogP contribution in [-0.4, -0.2) is 28.4 Å². The van der Waals surface area contributed by atoms with Crippen LogP contribution >= 0.6 is 0 Å². The van der Waals surface area contributed by atoms with Crippen molar-refractivity contribution in [3.05, 3.63) is 46.9 Å². The van der Waals surface area contributed by atoms with Gasteiger partial charge >= 0.3 is 0 Å². The molecule has 1 saturated carbocycles. The average molecular weight is 258 g/mol. The summed E-state index contributed by atoms with van der Waals surface area (Å²) in [5.74, 6) is 0. The molecule has 0 amide bonds. The first-order valence-corrected chi connectivity index (χ1v) is 6.73. The second kappa shape index (κ2) is 5.15. The first-order valence-electron chi connectivity index (χ1n) is 6.73. The van der Waals surface area contributed by atoms with Crippen LogP contribution < -0.4 is 10.9 Å². The Morgan fingerprint density at radius 1 is 1.32 bits per heavy atom. The molecule has 0 radical (unpaired) electrons. The number of nitrogens with zero attached hydrogens (tertiary/aromatic N) is 1. The number of fused-ring (bicyclic) bond motifs is 1. The zero-order valence-electron chi connectivity index (χ0n) is 10.7. The molecule has 1 unspecified atom stereocenters. The van der Waals surface area contributed by atoms with Crippen LogP contribution in [0.25, 0.3) is 10.8 Å². The SMILES string of the molecule is O=c1c2ccccc2ccn1CC(O)CNC1CC1. The number of rotatable bonds is 5. The molecule has 0 aliphatic heterocycles. The first-order chi connectivity index (χ1) is 9.24. The van der Waals surface area contributed by atoms with Gasteiger partial charge in [0.1, 0.15) is 0 Å². The van der Waals surface area contributed by atoms with Gasteiger partial charge in [0.15, 0.2) is 0 Å². The molecule has 1 heterocycles. The highest BCUT2D eigenvalue weighted by Crippen LogP contribution is 2.18. The first kappa shape index (κ1) is 12.4. The molecule has 0 saturated heterocycles. The maximum Gasteiger partial charge on any atom is 0.258 e. The fourth-order valence-corrected chi connectivity index (χ4v) is 2.26. The summed E-state index contributed by atoms with van der Waals surface area (Å²) >= 11 is 0. The van der Waals surface area contributed by atoms with Gasteiger partial charge in [-0.15, -0.1) is 0 Å². The van der Waals surface area contributed by atoms with Gasteiger partial charge in [-0.05, 0) is 30.4 Å². The Balaban J connectivity index is 1.76. The minimum Gasteiger partial charge on any atom is -0.390 e. The van der Waals surface area contributed by atoms with E-state index in [0.29, 0.717) is 24.5 Å². The zero-order valence-corrected chi connectivity index (χ0v) is 10.7. The van der Waals surface area contributed by atoms with Gasteiger partial charge in [0, 0.05) is 24.2 Å². The average Bonchev–Trinajstić information content (AvgIpc) is 3.24. The van der Waals surface area contributed by atoms with Crippen LogP contribution in [0.1, 0.15) is 12.8 Å². The third-order valence-electron chi connectivity index (χ3n) is 3.51. The van der Waals surface area contributed by atoms with Gasteiger partial charge in [-0.3, -0.25) is 4.79 Å². The van der Waals surface area contributed by atoms with E-state index in [1.807, 2.05) is 30.3 Å². The maximum absolute atomic E-state index is 12.2. The van der Waals surface area contributed by atoms with Crippen molar-refractivity contribution in [2.24, 2.45) is 0 Å². The Morgan fingerprint density at radius 3 is 2.89 bits per heavy atom. The lowest BCUT2D eigenvalue weighted by atomic mass is 10.2. The van der Waals surface area contributed by atoms with Crippen LogP contribution in [0.4, 0.5) is 0 Å². The van der Waals surface area contributed by atoms with Crippen LogP contribution in [0, 0.1) is 0 Å². The number of hydrogen-bond donors (Lipinski definition) is 2. The van der Waals surface area contributed by atoms with E-state index in [1.165, 1.54) is 12.8 Å². The van der Waals surface area contributed by atoms with E-state index in [4.69, 9.17) is 0 Å². The normalized spacial score (nSPS) is 16.7. The largest absolute Gasteiger partial charge is 0.390 e. The predicted molar refractivity (Wildman–Crippen MR) is 75.2 cm³/mol. The highest BCUT2D eigenvalue weighted by atomic mass is 16.3.